The lowest BCUT2D eigenvalue weighted by atomic mass is 10.2. The Bertz CT molecular complexity index is 425. The van der Waals surface area contributed by atoms with E-state index in [1.54, 1.807) is 18.2 Å². The third-order valence-electron chi connectivity index (χ3n) is 1.96. The largest absolute Gasteiger partial charge is 0.489 e. The third-order valence-corrected chi connectivity index (χ3v) is 2.36. The van der Waals surface area contributed by atoms with Crippen LogP contribution in [0.15, 0.2) is 24.3 Å². The first kappa shape index (κ1) is 13.6. The van der Waals surface area contributed by atoms with Crippen molar-refractivity contribution in [2.75, 3.05) is 7.11 Å². The van der Waals surface area contributed by atoms with Gasteiger partial charge in [-0.3, -0.25) is 0 Å². The van der Waals surface area contributed by atoms with E-state index in [4.69, 9.17) is 16.3 Å². The lowest BCUT2D eigenvalue weighted by Crippen LogP contribution is -2.06. The first-order valence-corrected chi connectivity index (χ1v) is 5.63. The van der Waals surface area contributed by atoms with Gasteiger partial charge in [-0.15, -0.1) is 0 Å². The zero-order valence-electron chi connectivity index (χ0n) is 10.1. The van der Waals surface area contributed by atoms with Gasteiger partial charge in [-0.05, 0) is 31.6 Å². The molecule has 1 aromatic carbocycles. The van der Waals surface area contributed by atoms with E-state index in [0.29, 0.717) is 10.8 Å². The average Bonchev–Trinajstić information content (AvgIpc) is 2.29. The molecule has 0 saturated heterocycles. The zero-order chi connectivity index (χ0) is 12.8. The van der Waals surface area contributed by atoms with Gasteiger partial charge in [0.15, 0.2) is 0 Å². The highest BCUT2D eigenvalue weighted by atomic mass is 35.5. The summed E-state index contributed by atoms with van der Waals surface area (Å²) in [5, 5.41) is 0.487. The monoisotopic (exact) mass is 254 g/mol. The minimum absolute atomic E-state index is 0.0485. The van der Waals surface area contributed by atoms with Crippen molar-refractivity contribution in [3.8, 4) is 5.75 Å². The molecule has 0 fully saturated rings. The molecule has 0 amide bonds. The van der Waals surface area contributed by atoms with Gasteiger partial charge in [0.25, 0.3) is 0 Å². The second-order valence-electron chi connectivity index (χ2n) is 3.68. The molecule has 0 atom stereocenters. The molecule has 4 heteroatoms. The van der Waals surface area contributed by atoms with Gasteiger partial charge in [-0.1, -0.05) is 23.7 Å². The number of esters is 1. The van der Waals surface area contributed by atoms with Gasteiger partial charge in [0.2, 0.25) is 0 Å². The van der Waals surface area contributed by atoms with Crippen molar-refractivity contribution in [3.05, 3.63) is 34.9 Å². The van der Waals surface area contributed by atoms with Gasteiger partial charge < -0.3 is 9.47 Å². The van der Waals surface area contributed by atoms with Crippen LogP contribution in [-0.4, -0.2) is 19.2 Å². The Morgan fingerprint density at radius 1 is 1.41 bits per heavy atom. The van der Waals surface area contributed by atoms with E-state index in [2.05, 4.69) is 4.74 Å². The van der Waals surface area contributed by atoms with Gasteiger partial charge in [0, 0.05) is 6.08 Å². The van der Waals surface area contributed by atoms with Crippen LogP contribution in [0.2, 0.25) is 5.02 Å². The summed E-state index contributed by atoms with van der Waals surface area (Å²) >= 11 is 6.15. The molecule has 0 bridgehead atoms. The minimum Gasteiger partial charge on any atom is -0.489 e. The predicted molar refractivity (Wildman–Crippen MR) is 68.3 cm³/mol. The number of methoxy groups -OCH3 is 1. The molecule has 0 spiro atoms. The first-order valence-electron chi connectivity index (χ1n) is 5.25. The van der Waals surface area contributed by atoms with E-state index in [1.807, 2.05) is 19.9 Å². The molecule has 0 radical (unpaired) electrons. The number of halogens is 1. The van der Waals surface area contributed by atoms with Crippen LogP contribution in [0, 0.1) is 0 Å². The first-order chi connectivity index (χ1) is 8.04. The van der Waals surface area contributed by atoms with Crippen LogP contribution in [0.3, 0.4) is 0 Å². The minimum atomic E-state index is -0.420. The van der Waals surface area contributed by atoms with Crippen LogP contribution in [0.25, 0.3) is 6.08 Å². The quantitative estimate of drug-likeness (QED) is 0.611. The van der Waals surface area contributed by atoms with Crippen molar-refractivity contribution in [2.45, 2.75) is 20.0 Å². The number of benzene rings is 1. The van der Waals surface area contributed by atoms with Crippen LogP contribution >= 0.6 is 11.6 Å². The maximum atomic E-state index is 11.0. The van der Waals surface area contributed by atoms with Gasteiger partial charge in [-0.25, -0.2) is 4.79 Å². The fourth-order valence-corrected chi connectivity index (χ4v) is 1.46. The molecule has 0 N–H and O–H groups in total. The number of rotatable bonds is 4. The van der Waals surface area contributed by atoms with Crippen LogP contribution in [0.4, 0.5) is 0 Å². The van der Waals surface area contributed by atoms with Gasteiger partial charge in [0.1, 0.15) is 5.75 Å². The van der Waals surface area contributed by atoms with Crippen LogP contribution < -0.4 is 4.74 Å². The molecule has 92 valence electrons. The van der Waals surface area contributed by atoms with Crippen molar-refractivity contribution in [1.29, 1.82) is 0 Å². The number of hydrogen-bond donors (Lipinski definition) is 0. The van der Waals surface area contributed by atoms with Gasteiger partial charge >= 0.3 is 5.97 Å². The highest BCUT2D eigenvalue weighted by Gasteiger charge is 2.06. The zero-order valence-corrected chi connectivity index (χ0v) is 10.8. The highest BCUT2D eigenvalue weighted by Crippen LogP contribution is 2.29. The number of carbonyl (C=O) groups is 1. The topological polar surface area (TPSA) is 35.5 Å². The van der Waals surface area contributed by atoms with E-state index in [-0.39, 0.29) is 6.10 Å². The Balaban J connectivity index is 2.94. The standard InChI is InChI=1S/C13H15ClO3/c1-9(2)17-11-6-4-5-10(13(11)14)7-8-12(15)16-3/h4-9H,1-3H3. The molecule has 0 heterocycles. The summed E-state index contributed by atoms with van der Waals surface area (Å²) in [5.74, 6) is 0.185. The fourth-order valence-electron chi connectivity index (χ4n) is 1.23. The van der Waals surface area contributed by atoms with Crippen LogP contribution in [-0.2, 0) is 9.53 Å². The summed E-state index contributed by atoms with van der Waals surface area (Å²) < 4.78 is 10.0. The van der Waals surface area contributed by atoms with Crippen molar-refractivity contribution in [2.24, 2.45) is 0 Å². The van der Waals surface area contributed by atoms with Crippen molar-refractivity contribution in [3.63, 3.8) is 0 Å². The molecule has 0 aliphatic rings. The van der Waals surface area contributed by atoms with Crippen LogP contribution in [0.5, 0.6) is 5.75 Å². The summed E-state index contributed by atoms with van der Waals surface area (Å²) in [6.45, 7) is 3.85. The molecule has 1 aromatic rings. The third kappa shape index (κ3) is 4.11. The smallest absolute Gasteiger partial charge is 0.330 e. The van der Waals surface area contributed by atoms with Crippen molar-refractivity contribution < 1.29 is 14.3 Å². The van der Waals surface area contributed by atoms with E-state index in [0.717, 1.165) is 5.56 Å². The molecular weight excluding hydrogens is 240 g/mol. The highest BCUT2D eigenvalue weighted by molar-refractivity contribution is 6.33. The lowest BCUT2D eigenvalue weighted by Gasteiger charge is -2.12. The Kier molecular flexibility index (Phi) is 5.04. The summed E-state index contributed by atoms with van der Waals surface area (Å²) in [6, 6.07) is 5.41. The molecule has 0 aromatic heterocycles. The second-order valence-corrected chi connectivity index (χ2v) is 4.06. The molecule has 0 unspecified atom stereocenters. The maximum Gasteiger partial charge on any atom is 0.330 e. The van der Waals surface area contributed by atoms with Gasteiger partial charge in [0.05, 0.1) is 18.2 Å². The van der Waals surface area contributed by atoms with E-state index >= 15 is 0 Å². The second kappa shape index (κ2) is 6.30. The van der Waals surface area contributed by atoms with Crippen molar-refractivity contribution >= 4 is 23.6 Å². The number of hydrogen-bond acceptors (Lipinski definition) is 3. The van der Waals surface area contributed by atoms with E-state index in [9.17, 15) is 4.79 Å². The molecule has 0 aliphatic carbocycles. The predicted octanol–water partition coefficient (Wildman–Crippen LogP) is 3.31. The Labute approximate surface area is 106 Å². The normalized spacial score (nSPS) is 10.9. The van der Waals surface area contributed by atoms with E-state index < -0.39 is 5.97 Å². The number of ether oxygens (including phenoxy) is 2. The summed E-state index contributed by atoms with van der Waals surface area (Å²) in [6.07, 6.45) is 2.97. The summed E-state index contributed by atoms with van der Waals surface area (Å²) in [4.78, 5) is 11.0. The number of carbonyl (C=O) groups excluding carboxylic acids is 1. The molecule has 0 aliphatic heterocycles. The Morgan fingerprint density at radius 3 is 2.71 bits per heavy atom. The fraction of sp³-hybridized carbons (Fsp3) is 0.308. The molecule has 0 saturated carbocycles. The average molecular weight is 255 g/mol. The maximum absolute atomic E-state index is 11.0. The Morgan fingerprint density at radius 2 is 2.12 bits per heavy atom. The molecule has 17 heavy (non-hydrogen) atoms. The Hall–Kier alpha value is -1.48. The van der Waals surface area contributed by atoms with Gasteiger partial charge in [-0.2, -0.15) is 0 Å². The van der Waals surface area contributed by atoms with Crippen molar-refractivity contribution in [1.82, 2.24) is 0 Å². The molecular formula is C13H15ClO3. The molecule has 1 rings (SSSR count). The SMILES string of the molecule is COC(=O)C=Cc1cccc(OC(C)C)c1Cl. The summed E-state index contributed by atoms with van der Waals surface area (Å²) in [7, 11) is 1.33. The lowest BCUT2D eigenvalue weighted by molar-refractivity contribution is -0.134. The molecule has 3 nitrogen and oxygen atoms in total. The summed E-state index contributed by atoms with van der Waals surface area (Å²) in [5.41, 5.74) is 0.718. The van der Waals surface area contributed by atoms with E-state index in [1.165, 1.54) is 13.2 Å². The van der Waals surface area contributed by atoms with Crippen LogP contribution in [0.1, 0.15) is 19.4 Å².